The third-order valence-electron chi connectivity index (χ3n) is 10.9. The molecule has 74 heavy (non-hydrogen) atoms. The van der Waals surface area contributed by atoms with Gasteiger partial charge in [-0.2, -0.15) is 0 Å². The molecule has 9 amide bonds. The number of piperidine rings is 2. The van der Waals surface area contributed by atoms with Gasteiger partial charge < -0.3 is 44.5 Å². The molecule has 3 aromatic carbocycles. The normalized spacial score (nSPS) is 16.9. The molecule has 2 fully saturated rings. The lowest BCUT2D eigenvalue weighted by molar-refractivity contribution is -0.384. The predicted molar refractivity (Wildman–Crippen MR) is 258 cm³/mol. The van der Waals surface area contributed by atoms with Crippen LogP contribution in [0.1, 0.15) is 105 Å². The third kappa shape index (κ3) is 16.0. The van der Waals surface area contributed by atoms with Gasteiger partial charge in [-0.05, 0) is 95.8 Å². The number of nitro benzene ring substituents is 1. The molecule has 0 aliphatic carbocycles. The third-order valence-corrected chi connectivity index (χ3v) is 10.9. The number of esters is 1. The summed E-state index contributed by atoms with van der Waals surface area (Å²) in [4.78, 5) is 133. The van der Waals surface area contributed by atoms with E-state index < -0.39 is 64.3 Å². The summed E-state index contributed by atoms with van der Waals surface area (Å²) in [5.41, 5.74) is 1.73. The zero-order valence-electron chi connectivity index (χ0n) is 41.5. The van der Waals surface area contributed by atoms with E-state index >= 15 is 0 Å². The van der Waals surface area contributed by atoms with E-state index in [1.54, 1.807) is 77.9 Å². The molecular weight excluding hydrogens is 973 g/mol. The van der Waals surface area contributed by atoms with Crippen LogP contribution in [0.2, 0.25) is 0 Å². The molecule has 6 N–H and O–H groups in total. The number of hydrogen-bond acceptors (Lipinski definition) is 17. The molecule has 2 atom stereocenters. The molecule has 0 radical (unpaired) electrons. The topological polar surface area (TPSA) is 338 Å². The molecule has 3 aromatic rings. The summed E-state index contributed by atoms with van der Waals surface area (Å²) in [6.07, 6.45) is -1.16. The van der Waals surface area contributed by atoms with Crippen LogP contribution in [-0.4, -0.2) is 129 Å². The second-order valence-corrected chi connectivity index (χ2v) is 18.8. The minimum Gasteiger partial charge on any atom is -0.464 e. The Balaban J connectivity index is 0.000000229. The number of alkyl carbamates (subject to hydrolysis) is 2. The van der Waals surface area contributed by atoms with E-state index in [0.29, 0.717) is 33.5 Å². The molecule has 396 valence electrons. The molecule has 0 aromatic heterocycles. The van der Waals surface area contributed by atoms with Crippen LogP contribution in [0.3, 0.4) is 0 Å². The maximum atomic E-state index is 12.8. The van der Waals surface area contributed by atoms with Crippen LogP contribution in [0.4, 0.5) is 25.8 Å². The Bertz CT molecular complexity index is 2680. The first-order valence-corrected chi connectivity index (χ1v) is 23.3. The van der Waals surface area contributed by atoms with Gasteiger partial charge >= 0.3 is 24.2 Å². The molecule has 2 unspecified atom stereocenters. The van der Waals surface area contributed by atoms with Crippen LogP contribution in [0.15, 0.2) is 60.7 Å². The second-order valence-electron chi connectivity index (χ2n) is 18.8. The minimum atomic E-state index is -0.839. The average molecular weight is 1030 g/mol. The molecule has 7 rings (SSSR count). The first-order chi connectivity index (χ1) is 34.8. The van der Waals surface area contributed by atoms with Crippen molar-refractivity contribution in [2.24, 2.45) is 0 Å². The van der Waals surface area contributed by atoms with Crippen molar-refractivity contribution in [1.82, 2.24) is 31.1 Å². The number of fused-ring (bicyclic) bond motifs is 2. The molecule has 4 aliphatic heterocycles. The lowest BCUT2D eigenvalue weighted by Gasteiger charge is -2.29. The highest BCUT2D eigenvalue weighted by Gasteiger charge is 2.41. The summed E-state index contributed by atoms with van der Waals surface area (Å²) >= 11 is 0. The minimum absolute atomic E-state index is 0.0194. The maximum Gasteiger partial charge on any atom is 0.417 e. The molecule has 0 spiro atoms. The van der Waals surface area contributed by atoms with Crippen molar-refractivity contribution < 1.29 is 76.9 Å². The molecule has 2 saturated heterocycles. The van der Waals surface area contributed by atoms with E-state index in [-0.39, 0.29) is 107 Å². The standard InChI is InChI=1S/C22H27N3O7.C20H16N4O7.C7H15NO3/c1-22(2,3)32-21(30)23-9-10-31-18(27)11-13-5-4-6-14-15(13)12-25(20(14)29)16-7-8-17(26)24-19(16)28;25-17-9-8-16(18(26)22-17)23-10-14-13(19(23)27)2-1-3-15(14)21-20(28)31-12-6-4-11(5-7-12)24(29)30;1-7(2,3)11-6(10)8-4-5-9/h4-6,16H,7-12H2,1-3H3,(H,23,30)(H,24,26,28);1-7,16H,8-10H2,(H,21,28)(H,22,25,26);9H,4-5H2,1-3H3,(H,8,10). The van der Waals surface area contributed by atoms with Crippen molar-refractivity contribution in [3.05, 3.63) is 98.6 Å². The Morgan fingerprint density at radius 2 is 1.20 bits per heavy atom. The summed E-state index contributed by atoms with van der Waals surface area (Å²) in [7, 11) is 0. The lowest BCUT2D eigenvalue weighted by Crippen LogP contribution is -2.52. The Hall–Kier alpha value is -8.48. The Morgan fingerprint density at radius 3 is 1.70 bits per heavy atom. The number of rotatable bonds is 12. The summed E-state index contributed by atoms with van der Waals surface area (Å²) in [5, 5.41) is 31.0. The Kier molecular flexibility index (Phi) is 18.9. The van der Waals surface area contributed by atoms with Crippen molar-refractivity contribution >= 4 is 71.1 Å². The molecule has 25 nitrogen and oxygen atoms in total. The number of ether oxygens (including phenoxy) is 4. The number of amides is 9. The number of imide groups is 2. The molecule has 25 heteroatoms. The van der Waals surface area contributed by atoms with Crippen molar-refractivity contribution in [2.45, 2.75) is 110 Å². The van der Waals surface area contributed by atoms with E-state index in [1.165, 1.54) is 34.1 Å². The lowest BCUT2D eigenvalue weighted by atomic mass is 10.0. The quantitative estimate of drug-likeness (QED) is 0.0377. The van der Waals surface area contributed by atoms with Crippen molar-refractivity contribution in [2.75, 3.05) is 31.6 Å². The highest BCUT2D eigenvalue weighted by molar-refractivity contribution is 6.07. The van der Waals surface area contributed by atoms with Gasteiger partial charge in [0.1, 0.15) is 35.6 Å². The smallest absolute Gasteiger partial charge is 0.417 e. The largest absolute Gasteiger partial charge is 0.464 e. The monoisotopic (exact) mass is 1030 g/mol. The second kappa shape index (κ2) is 24.8. The molecule has 0 bridgehead atoms. The summed E-state index contributed by atoms with van der Waals surface area (Å²) in [6, 6.07) is 13.4. The van der Waals surface area contributed by atoms with Gasteiger partial charge in [0, 0.05) is 67.0 Å². The number of aliphatic hydroxyl groups excluding tert-OH is 1. The highest BCUT2D eigenvalue weighted by atomic mass is 16.6. The SMILES string of the molecule is CC(C)(C)OC(=O)NCCO.CC(C)(C)OC(=O)NCCOC(=O)Cc1cccc2c1CN(C1CCC(=O)NC1=O)C2=O.O=C1CCC(N2Cc3c(NC(=O)Oc4ccc([N+](=O)[O-])cc4)cccc3C2=O)C(=O)N1. The number of anilines is 1. The number of nitrogens with zero attached hydrogens (tertiary/aromatic N) is 3. The van der Waals surface area contributed by atoms with Crippen LogP contribution in [0, 0.1) is 10.1 Å². The van der Waals surface area contributed by atoms with Crippen LogP contribution in [0.25, 0.3) is 0 Å². The van der Waals surface area contributed by atoms with E-state index in [9.17, 15) is 58.1 Å². The van der Waals surface area contributed by atoms with Crippen LogP contribution >= 0.6 is 0 Å². The summed E-state index contributed by atoms with van der Waals surface area (Å²) in [5.74, 6) is -2.79. The Morgan fingerprint density at radius 1 is 0.703 bits per heavy atom. The van der Waals surface area contributed by atoms with E-state index in [1.807, 2.05) is 0 Å². The summed E-state index contributed by atoms with van der Waals surface area (Å²) < 4.78 is 20.3. The van der Waals surface area contributed by atoms with Gasteiger partial charge in [0.05, 0.1) is 24.5 Å². The van der Waals surface area contributed by atoms with Gasteiger partial charge in [0.25, 0.3) is 17.5 Å². The number of non-ortho nitro benzene ring substituents is 1. The molecule has 0 saturated carbocycles. The van der Waals surface area contributed by atoms with E-state index in [2.05, 4.69) is 26.6 Å². The van der Waals surface area contributed by atoms with Gasteiger partial charge in [-0.25, -0.2) is 14.4 Å². The predicted octanol–water partition coefficient (Wildman–Crippen LogP) is 3.53. The summed E-state index contributed by atoms with van der Waals surface area (Å²) in [6.45, 7) is 11.1. The van der Waals surface area contributed by atoms with Crippen LogP contribution in [-0.2, 0) is 57.7 Å². The fourth-order valence-electron chi connectivity index (χ4n) is 7.71. The molecule has 4 heterocycles. The first-order valence-electron chi connectivity index (χ1n) is 23.3. The number of carbonyl (C=O) groups is 10. The van der Waals surface area contributed by atoms with Crippen molar-refractivity contribution in [3.63, 3.8) is 0 Å². The number of benzene rings is 3. The van der Waals surface area contributed by atoms with E-state index in [4.69, 9.17) is 24.1 Å². The van der Waals surface area contributed by atoms with E-state index in [0.717, 1.165) is 0 Å². The number of carbonyl (C=O) groups excluding carboxylic acids is 10. The number of hydrogen-bond donors (Lipinski definition) is 6. The number of aliphatic hydroxyl groups is 1. The number of nitro groups is 1. The van der Waals surface area contributed by atoms with Gasteiger partial charge in [-0.15, -0.1) is 0 Å². The highest BCUT2D eigenvalue weighted by Crippen LogP contribution is 2.33. The van der Waals surface area contributed by atoms with Gasteiger partial charge in [0.2, 0.25) is 23.6 Å². The zero-order valence-corrected chi connectivity index (χ0v) is 41.5. The fraction of sp³-hybridized carbons (Fsp3) is 0.429. The number of nitrogens with one attached hydrogen (secondary N) is 5. The fourth-order valence-corrected chi connectivity index (χ4v) is 7.71. The van der Waals surface area contributed by atoms with Gasteiger partial charge in [0.15, 0.2) is 0 Å². The maximum absolute atomic E-state index is 12.8. The van der Waals surface area contributed by atoms with Crippen LogP contribution < -0.4 is 31.3 Å². The Labute approximate surface area is 424 Å². The average Bonchev–Trinajstić information content (AvgIpc) is 3.83. The van der Waals surface area contributed by atoms with Gasteiger partial charge in [-0.1, -0.05) is 18.2 Å². The van der Waals surface area contributed by atoms with Crippen molar-refractivity contribution in [3.8, 4) is 5.75 Å². The zero-order chi connectivity index (χ0) is 54.5. The van der Waals surface area contributed by atoms with Gasteiger partial charge in [-0.3, -0.25) is 59.6 Å². The molecular formula is C49H58N8O17. The molecule has 4 aliphatic rings. The van der Waals surface area contributed by atoms with Crippen molar-refractivity contribution in [1.29, 1.82) is 0 Å². The first kappa shape index (κ1) is 56.4. The van der Waals surface area contributed by atoms with Crippen LogP contribution in [0.5, 0.6) is 5.75 Å².